The van der Waals surface area contributed by atoms with Crippen LogP contribution in [0.3, 0.4) is 0 Å². The fourth-order valence-electron chi connectivity index (χ4n) is 9.47. The summed E-state index contributed by atoms with van der Waals surface area (Å²) >= 11 is 0. The molecule has 9 aromatic carbocycles. The lowest BCUT2D eigenvalue weighted by molar-refractivity contribution is 0.103. The third-order valence-electron chi connectivity index (χ3n) is 12.1. The van der Waals surface area contributed by atoms with Crippen LogP contribution in [-0.2, 0) is 5.41 Å². The third kappa shape index (κ3) is 5.20. The molecule has 0 amide bonds. The summed E-state index contributed by atoms with van der Waals surface area (Å²) in [6, 6.07) is 77.9. The molecule has 57 heavy (non-hydrogen) atoms. The molecular weight excluding hydrogens is 689 g/mol. The van der Waals surface area contributed by atoms with Crippen molar-refractivity contribution in [2.45, 2.75) is 5.41 Å². The Bertz CT molecular complexity index is 2910. The minimum Gasteiger partial charge on any atom is -0.289 e. The van der Waals surface area contributed by atoms with Gasteiger partial charge in [0.2, 0.25) is 0 Å². The zero-order valence-corrected chi connectivity index (χ0v) is 31.2. The highest BCUT2D eigenvalue weighted by molar-refractivity contribution is 6.15. The highest BCUT2D eigenvalue weighted by Crippen LogP contribution is 2.60. The molecule has 9 aromatic rings. The van der Waals surface area contributed by atoms with Crippen LogP contribution < -0.4 is 0 Å². The molecule has 1 heteroatoms. The van der Waals surface area contributed by atoms with Gasteiger partial charge in [0.1, 0.15) is 0 Å². The number of hydrogen-bond acceptors (Lipinski definition) is 1. The first kappa shape index (κ1) is 33.0. The lowest BCUT2D eigenvalue weighted by Gasteiger charge is -2.40. The van der Waals surface area contributed by atoms with Crippen molar-refractivity contribution in [3.8, 4) is 66.8 Å². The van der Waals surface area contributed by atoms with Gasteiger partial charge >= 0.3 is 0 Å². The predicted octanol–water partition coefficient (Wildman–Crippen LogP) is 13.9. The second-order valence-corrected chi connectivity index (χ2v) is 15.2. The normalized spacial score (nSPS) is 13.1. The number of fused-ring (bicyclic) bond motifs is 9. The summed E-state index contributed by atoms with van der Waals surface area (Å²) in [5, 5.41) is 0. The Morgan fingerprint density at radius 2 is 0.561 bits per heavy atom. The summed E-state index contributed by atoms with van der Waals surface area (Å²) in [6.45, 7) is 0. The van der Waals surface area contributed by atoms with Crippen LogP contribution in [0.15, 0.2) is 218 Å². The van der Waals surface area contributed by atoms with Gasteiger partial charge in [0.15, 0.2) is 5.78 Å². The Morgan fingerprint density at radius 3 is 1.05 bits per heavy atom. The lowest BCUT2D eigenvalue weighted by atomic mass is 9.60. The fourth-order valence-corrected chi connectivity index (χ4v) is 9.47. The minimum atomic E-state index is -0.714. The Balaban J connectivity index is 1.17. The molecule has 0 radical (unpaired) electrons. The minimum absolute atomic E-state index is 0.0617. The summed E-state index contributed by atoms with van der Waals surface area (Å²) in [5.41, 5.74) is 19.0. The van der Waals surface area contributed by atoms with Crippen molar-refractivity contribution in [1.82, 2.24) is 0 Å². The van der Waals surface area contributed by atoms with E-state index in [-0.39, 0.29) is 5.78 Å². The molecule has 0 unspecified atom stereocenters. The average Bonchev–Trinajstić information content (AvgIpc) is 3.59. The SMILES string of the molecule is O=C1c2ccc(-c3cccc(-c4ccccc4)c3)cc2C2(c3cc(-c4cc(-c5ccccc5)cc(-c5ccccc5)c4)ccc31)c1ccccc1-c1ccccc12. The van der Waals surface area contributed by atoms with E-state index in [1.807, 2.05) is 0 Å². The van der Waals surface area contributed by atoms with Gasteiger partial charge in [0.25, 0.3) is 0 Å². The Kier molecular flexibility index (Phi) is 7.62. The molecule has 0 aliphatic heterocycles. The first-order valence-corrected chi connectivity index (χ1v) is 19.6. The highest BCUT2D eigenvalue weighted by atomic mass is 16.1. The average molecular weight is 725 g/mol. The van der Waals surface area contributed by atoms with Crippen molar-refractivity contribution < 1.29 is 4.79 Å². The number of ketones is 1. The van der Waals surface area contributed by atoms with Gasteiger partial charge < -0.3 is 0 Å². The van der Waals surface area contributed by atoms with Gasteiger partial charge in [0.05, 0.1) is 5.41 Å². The monoisotopic (exact) mass is 724 g/mol. The van der Waals surface area contributed by atoms with Gasteiger partial charge in [-0.25, -0.2) is 0 Å². The maximum atomic E-state index is 14.9. The van der Waals surface area contributed by atoms with Crippen molar-refractivity contribution >= 4 is 5.78 Å². The molecule has 0 saturated heterocycles. The molecule has 2 aliphatic carbocycles. The van der Waals surface area contributed by atoms with E-state index >= 15 is 0 Å². The van der Waals surface area contributed by atoms with E-state index < -0.39 is 5.41 Å². The van der Waals surface area contributed by atoms with Gasteiger partial charge in [-0.15, -0.1) is 0 Å². The molecule has 11 rings (SSSR count). The van der Waals surface area contributed by atoms with Gasteiger partial charge in [-0.3, -0.25) is 4.79 Å². The molecule has 0 N–H and O–H groups in total. The van der Waals surface area contributed by atoms with Gasteiger partial charge in [-0.2, -0.15) is 0 Å². The van der Waals surface area contributed by atoms with Crippen molar-refractivity contribution in [1.29, 1.82) is 0 Å². The lowest BCUT2D eigenvalue weighted by Crippen LogP contribution is -2.36. The van der Waals surface area contributed by atoms with E-state index in [1.54, 1.807) is 0 Å². The van der Waals surface area contributed by atoms with Crippen LogP contribution in [0.4, 0.5) is 0 Å². The third-order valence-corrected chi connectivity index (χ3v) is 12.1. The second-order valence-electron chi connectivity index (χ2n) is 15.2. The number of carbonyl (C=O) groups is 1. The van der Waals surface area contributed by atoms with Crippen molar-refractivity contribution in [2.24, 2.45) is 0 Å². The summed E-state index contributed by atoms with van der Waals surface area (Å²) in [6.07, 6.45) is 0. The molecule has 2 aliphatic rings. The highest BCUT2D eigenvalue weighted by Gasteiger charge is 2.51. The summed E-state index contributed by atoms with van der Waals surface area (Å²) < 4.78 is 0. The standard InChI is InChI=1S/C56H36O/c57-55-49-29-27-42(41-22-14-21-40(31-41)37-15-4-1-5-16-37)35-53(49)56(51-25-12-10-23-47(51)48-24-11-13-26-52(48)56)54-36-43(28-30-50(54)55)46-33-44(38-17-6-2-7-18-38)32-45(34-46)39-19-8-3-9-20-39/h1-36H. The van der Waals surface area contributed by atoms with E-state index in [4.69, 9.17) is 0 Å². The molecule has 1 spiro atoms. The largest absolute Gasteiger partial charge is 0.289 e. The maximum absolute atomic E-state index is 14.9. The zero-order chi connectivity index (χ0) is 37.9. The summed E-state index contributed by atoms with van der Waals surface area (Å²) in [7, 11) is 0. The van der Waals surface area contributed by atoms with Crippen LogP contribution in [0.25, 0.3) is 66.8 Å². The molecule has 0 fully saturated rings. The molecule has 0 bridgehead atoms. The first-order chi connectivity index (χ1) is 28.2. The van der Waals surface area contributed by atoms with E-state index in [2.05, 4.69) is 218 Å². The zero-order valence-electron chi connectivity index (χ0n) is 31.2. The van der Waals surface area contributed by atoms with E-state index in [1.165, 1.54) is 27.8 Å². The van der Waals surface area contributed by atoms with Crippen molar-refractivity contribution in [3.05, 3.63) is 252 Å². The molecule has 1 nitrogen and oxygen atoms in total. The Hall–Kier alpha value is -7.35. The van der Waals surface area contributed by atoms with Crippen LogP contribution in [0.2, 0.25) is 0 Å². The Labute approximate surface area is 333 Å². The number of rotatable bonds is 5. The number of carbonyl (C=O) groups excluding carboxylic acids is 1. The predicted molar refractivity (Wildman–Crippen MR) is 234 cm³/mol. The molecule has 0 saturated carbocycles. The van der Waals surface area contributed by atoms with Gasteiger partial charge in [0, 0.05) is 11.1 Å². The van der Waals surface area contributed by atoms with Crippen LogP contribution in [0.1, 0.15) is 38.2 Å². The Morgan fingerprint density at radius 1 is 0.228 bits per heavy atom. The van der Waals surface area contributed by atoms with Gasteiger partial charge in [-0.1, -0.05) is 182 Å². The van der Waals surface area contributed by atoms with Crippen LogP contribution in [0, 0.1) is 0 Å². The topological polar surface area (TPSA) is 17.1 Å². The maximum Gasteiger partial charge on any atom is 0.193 e. The van der Waals surface area contributed by atoms with Crippen molar-refractivity contribution in [3.63, 3.8) is 0 Å². The first-order valence-electron chi connectivity index (χ1n) is 19.6. The second kappa shape index (κ2) is 13.2. The van der Waals surface area contributed by atoms with E-state index in [0.717, 1.165) is 72.3 Å². The van der Waals surface area contributed by atoms with Crippen LogP contribution in [0.5, 0.6) is 0 Å². The summed E-state index contributed by atoms with van der Waals surface area (Å²) in [4.78, 5) is 14.9. The van der Waals surface area contributed by atoms with Gasteiger partial charge in [-0.05, 0) is 125 Å². The smallest absolute Gasteiger partial charge is 0.193 e. The van der Waals surface area contributed by atoms with Crippen molar-refractivity contribution in [2.75, 3.05) is 0 Å². The van der Waals surface area contributed by atoms with E-state index in [0.29, 0.717) is 0 Å². The van der Waals surface area contributed by atoms with E-state index in [9.17, 15) is 4.79 Å². The van der Waals surface area contributed by atoms with Crippen LogP contribution >= 0.6 is 0 Å². The van der Waals surface area contributed by atoms with Crippen LogP contribution in [-0.4, -0.2) is 5.78 Å². The molecular formula is C56H36O. The summed E-state index contributed by atoms with van der Waals surface area (Å²) in [5.74, 6) is 0.0617. The quantitative estimate of drug-likeness (QED) is 0.173. The molecule has 0 atom stereocenters. The molecule has 0 heterocycles. The number of hydrogen-bond donors (Lipinski definition) is 0. The number of benzene rings is 9. The molecule has 266 valence electrons. The molecule has 0 aromatic heterocycles. The fraction of sp³-hybridized carbons (Fsp3) is 0.0179.